The lowest BCUT2D eigenvalue weighted by atomic mass is 9.83. The van der Waals surface area contributed by atoms with E-state index in [0.29, 0.717) is 31.5 Å². The number of nitrogens with one attached hydrogen (secondary N) is 1. The van der Waals surface area contributed by atoms with Gasteiger partial charge in [0, 0.05) is 57.8 Å². The van der Waals surface area contributed by atoms with Gasteiger partial charge in [0.1, 0.15) is 11.5 Å². The topological polar surface area (TPSA) is 94.5 Å². The van der Waals surface area contributed by atoms with Gasteiger partial charge in [0.2, 0.25) is 5.91 Å². The summed E-state index contributed by atoms with van der Waals surface area (Å²) in [5.41, 5.74) is 4.04. The minimum atomic E-state index is -0.0725. The molecule has 1 fully saturated rings. The number of carbonyl (C=O) groups is 2. The molecule has 1 atom stereocenters. The fraction of sp³-hybridized carbons (Fsp3) is 0.452. The molecule has 2 N–H and O–H groups in total. The first kappa shape index (κ1) is 27.1. The van der Waals surface area contributed by atoms with Crippen LogP contribution < -0.4 is 10.1 Å². The maximum Gasteiger partial charge on any atom is 0.234 e. The zero-order chi connectivity index (χ0) is 27.2. The molecule has 0 saturated carbocycles. The highest BCUT2D eigenvalue weighted by Gasteiger charge is 2.28. The van der Waals surface area contributed by atoms with Gasteiger partial charge < -0.3 is 15.2 Å². The molecule has 0 bridgehead atoms. The van der Waals surface area contributed by atoms with Crippen molar-refractivity contribution >= 4 is 17.9 Å². The third kappa shape index (κ3) is 6.94. The average Bonchev–Trinajstić information content (AvgIpc) is 3.35. The first-order valence-corrected chi connectivity index (χ1v) is 13.9. The Balaban J connectivity index is 1.01. The van der Waals surface area contributed by atoms with Gasteiger partial charge in [0.05, 0.1) is 25.8 Å². The van der Waals surface area contributed by atoms with E-state index in [2.05, 4.69) is 44.4 Å². The number of aliphatic imine (C=N–C) groups is 1. The van der Waals surface area contributed by atoms with E-state index in [1.54, 1.807) is 13.3 Å². The van der Waals surface area contributed by atoms with Crippen LogP contribution in [0.3, 0.4) is 0 Å². The molecule has 2 aromatic carbocycles. The number of ether oxygens (including phenoxy) is 1. The van der Waals surface area contributed by atoms with E-state index in [0.717, 1.165) is 56.9 Å². The van der Waals surface area contributed by atoms with Crippen molar-refractivity contribution in [1.29, 1.82) is 0 Å². The van der Waals surface area contributed by atoms with Crippen molar-refractivity contribution in [2.24, 2.45) is 4.99 Å². The number of amides is 1. The molecule has 1 heterocycles. The normalized spacial score (nSPS) is 20.9. The third-order valence-corrected chi connectivity index (χ3v) is 8.08. The Morgan fingerprint density at radius 1 is 1.00 bits per heavy atom. The Morgan fingerprint density at radius 2 is 1.67 bits per heavy atom. The highest BCUT2D eigenvalue weighted by atomic mass is 16.5. The van der Waals surface area contributed by atoms with E-state index < -0.39 is 0 Å². The average molecular weight is 531 g/mol. The number of piperazine rings is 1. The van der Waals surface area contributed by atoms with Crippen LogP contribution in [-0.4, -0.2) is 91.8 Å². The van der Waals surface area contributed by atoms with Crippen LogP contribution in [0.15, 0.2) is 64.9 Å². The van der Waals surface area contributed by atoms with Crippen molar-refractivity contribution in [2.45, 2.75) is 37.6 Å². The fourth-order valence-electron chi connectivity index (χ4n) is 5.83. The number of hydrogen-bond acceptors (Lipinski definition) is 7. The highest BCUT2D eigenvalue weighted by molar-refractivity contribution is 6.14. The van der Waals surface area contributed by atoms with E-state index in [1.165, 1.54) is 11.1 Å². The summed E-state index contributed by atoms with van der Waals surface area (Å²) < 4.78 is 5.20. The summed E-state index contributed by atoms with van der Waals surface area (Å²) in [7, 11) is 1.62. The molecule has 1 amide bonds. The van der Waals surface area contributed by atoms with Gasteiger partial charge in [-0.3, -0.25) is 24.4 Å². The van der Waals surface area contributed by atoms with Crippen LogP contribution in [0.25, 0.3) is 0 Å². The summed E-state index contributed by atoms with van der Waals surface area (Å²) in [6.45, 7) is 5.24. The smallest absolute Gasteiger partial charge is 0.234 e. The molecule has 1 saturated heterocycles. The van der Waals surface area contributed by atoms with Gasteiger partial charge in [0.25, 0.3) is 0 Å². The summed E-state index contributed by atoms with van der Waals surface area (Å²) in [6, 6.07) is 16.3. The van der Waals surface area contributed by atoms with Gasteiger partial charge in [-0.1, -0.05) is 36.4 Å². The van der Waals surface area contributed by atoms with Crippen molar-refractivity contribution in [1.82, 2.24) is 15.1 Å². The van der Waals surface area contributed by atoms with Crippen LogP contribution in [-0.2, 0) is 22.4 Å². The number of hydrogen-bond donors (Lipinski definition) is 2. The standard InChI is InChI=1S/C31H38N4O4/c1-39-27-8-6-22(7-9-27)25-18-29(36)28(30(37)19-25)20-32-10-11-34-12-14-35(15-13-34)21-31(38)33-26-16-23-4-2-3-5-24(23)17-26/h2-9,20,25-26,36H,10-19,21H2,1H3,(H,33,38). The molecule has 1 unspecified atom stereocenters. The molecule has 39 heavy (non-hydrogen) atoms. The Bertz CT molecular complexity index is 1210. The number of fused-ring (bicyclic) bond motifs is 1. The number of ketones is 1. The maximum atomic E-state index is 12.7. The number of Topliss-reactive ketones (excluding diaryl/α,β-unsaturated/α-hetero) is 1. The van der Waals surface area contributed by atoms with E-state index in [1.807, 2.05) is 24.3 Å². The number of aliphatic hydroxyl groups excluding tert-OH is 1. The van der Waals surface area contributed by atoms with Crippen molar-refractivity contribution in [3.63, 3.8) is 0 Å². The Labute approximate surface area is 230 Å². The van der Waals surface area contributed by atoms with Crippen molar-refractivity contribution in [2.75, 3.05) is 52.9 Å². The lowest BCUT2D eigenvalue weighted by molar-refractivity contribution is -0.123. The lowest BCUT2D eigenvalue weighted by Crippen LogP contribution is -2.51. The molecule has 3 aliphatic rings. The molecule has 206 valence electrons. The summed E-state index contributed by atoms with van der Waals surface area (Å²) in [5, 5.41) is 13.8. The van der Waals surface area contributed by atoms with Crippen molar-refractivity contribution in [3.8, 4) is 5.75 Å². The monoisotopic (exact) mass is 530 g/mol. The minimum absolute atomic E-state index is 0.0339. The summed E-state index contributed by atoms with van der Waals surface area (Å²) >= 11 is 0. The van der Waals surface area contributed by atoms with Gasteiger partial charge in [-0.05, 0) is 47.6 Å². The van der Waals surface area contributed by atoms with Crippen LogP contribution >= 0.6 is 0 Å². The molecule has 0 spiro atoms. The highest BCUT2D eigenvalue weighted by Crippen LogP contribution is 2.33. The number of rotatable bonds is 9. The molecule has 8 heteroatoms. The maximum absolute atomic E-state index is 12.7. The first-order valence-electron chi connectivity index (χ1n) is 13.9. The fourth-order valence-corrected chi connectivity index (χ4v) is 5.83. The molecule has 2 aliphatic carbocycles. The molecule has 8 nitrogen and oxygen atoms in total. The number of methoxy groups -OCH3 is 1. The van der Waals surface area contributed by atoms with Crippen LogP contribution in [0.4, 0.5) is 0 Å². The first-order chi connectivity index (χ1) is 19.0. The van der Waals surface area contributed by atoms with E-state index in [9.17, 15) is 14.7 Å². The molecule has 2 aromatic rings. The number of nitrogens with zero attached hydrogens (tertiary/aromatic N) is 3. The summed E-state index contributed by atoms with van der Waals surface area (Å²) in [5.74, 6) is 0.881. The number of allylic oxidation sites excluding steroid dienone is 2. The van der Waals surface area contributed by atoms with Gasteiger partial charge in [-0.25, -0.2) is 0 Å². The van der Waals surface area contributed by atoms with E-state index >= 15 is 0 Å². The number of carbonyl (C=O) groups excluding carboxylic acids is 2. The van der Waals surface area contributed by atoms with Gasteiger partial charge in [-0.15, -0.1) is 0 Å². The van der Waals surface area contributed by atoms with E-state index in [4.69, 9.17) is 4.74 Å². The zero-order valence-electron chi connectivity index (χ0n) is 22.6. The lowest BCUT2D eigenvalue weighted by Gasteiger charge is -2.34. The minimum Gasteiger partial charge on any atom is -0.511 e. The predicted molar refractivity (Wildman–Crippen MR) is 152 cm³/mol. The second-order valence-corrected chi connectivity index (χ2v) is 10.8. The van der Waals surface area contributed by atoms with Gasteiger partial charge in [0.15, 0.2) is 5.78 Å². The molecular formula is C31H38N4O4. The van der Waals surface area contributed by atoms with Crippen LogP contribution in [0, 0.1) is 0 Å². The quantitative estimate of drug-likeness (QED) is 0.485. The van der Waals surface area contributed by atoms with Gasteiger partial charge >= 0.3 is 0 Å². The molecule has 0 aromatic heterocycles. The molecule has 0 radical (unpaired) electrons. The summed E-state index contributed by atoms with van der Waals surface area (Å²) in [6.07, 6.45) is 4.17. The Morgan fingerprint density at radius 3 is 2.31 bits per heavy atom. The van der Waals surface area contributed by atoms with Gasteiger partial charge in [-0.2, -0.15) is 0 Å². The Hall–Kier alpha value is -3.49. The Kier molecular flexibility index (Phi) is 8.74. The largest absolute Gasteiger partial charge is 0.511 e. The van der Waals surface area contributed by atoms with Crippen molar-refractivity contribution < 1.29 is 19.4 Å². The van der Waals surface area contributed by atoms with Crippen LogP contribution in [0.1, 0.15) is 35.4 Å². The second-order valence-electron chi connectivity index (χ2n) is 10.8. The van der Waals surface area contributed by atoms with Crippen LogP contribution in [0.5, 0.6) is 5.75 Å². The van der Waals surface area contributed by atoms with Crippen LogP contribution in [0.2, 0.25) is 0 Å². The second kappa shape index (κ2) is 12.6. The molecule has 5 rings (SSSR count). The molecule has 1 aliphatic heterocycles. The molecular weight excluding hydrogens is 492 g/mol. The number of benzene rings is 2. The number of aliphatic hydroxyl groups is 1. The SMILES string of the molecule is COc1ccc(C2CC(=O)C(C=NCCN3CCN(CC(=O)NC4Cc5ccccc5C4)CC3)=C(O)C2)cc1. The zero-order valence-corrected chi connectivity index (χ0v) is 22.6. The third-order valence-electron chi connectivity index (χ3n) is 8.08. The van der Waals surface area contributed by atoms with E-state index in [-0.39, 0.29) is 29.4 Å². The predicted octanol–water partition coefficient (Wildman–Crippen LogP) is 2.93. The van der Waals surface area contributed by atoms with Crippen molar-refractivity contribution in [3.05, 3.63) is 76.6 Å². The summed E-state index contributed by atoms with van der Waals surface area (Å²) in [4.78, 5) is 34.3.